The molecule has 0 spiro atoms. The summed E-state index contributed by atoms with van der Waals surface area (Å²) in [7, 11) is 0. The highest BCUT2D eigenvalue weighted by Crippen LogP contribution is 2.36. The number of carbonyl (C=O) groups is 2. The van der Waals surface area contributed by atoms with Crippen molar-refractivity contribution >= 4 is 35.1 Å². The summed E-state index contributed by atoms with van der Waals surface area (Å²) in [5.74, 6) is 1.10. The molecule has 3 heterocycles. The summed E-state index contributed by atoms with van der Waals surface area (Å²) in [4.78, 5) is 27.4. The van der Waals surface area contributed by atoms with Crippen LogP contribution in [0.2, 0.25) is 0 Å². The fourth-order valence-corrected chi connectivity index (χ4v) is 5.02. The van der Waals surface area contributed by atoms with Crippen LogP contribution in [-0.4, -0.2) is 28.1 Å². The van der Waals surface area contributed by atoms with Crippen molar-refractivity contribution in [1.29, 1.82) is 0 Å². The fraction of sp³-hybridized carbons (Fsp3) is 0.261. The van der Waals surface area contributed by atoms with Crippen LogP contribution in [0.25, 0.3) is 5.69 Å². The third-order valence-electron chi connectivity index (χ3n) is 5.71. The van der Waals surface area contributed by atoms with Gasteiger partial charge < -0.3 is 10.2 Å². The maximum atomic E-state index is 13.4. The molecule has 1 aromatic heterocycles. The molecule has 8 heteroatoms. The number of nitrogens with one attached hydrogen (secondary N) is 1. The number of thioether (sulfide) groups is 1. The number of rotatable bonds is 4. The van der Waals surface area contributed by atoms with Crippen LogP contribution in [0.5, 0.6) is 0 Å². The summed E-state index contributed by atoms with van der Waals surface area (Å²) in [5.41, 5.74) is 4.51. The Kier molecular flexibility index (Phi) is 5.02. The van der Waals surface area contributed by atoms with Crippen molar-refractivity contribution in [1.82, 2.24) is 9.78 Å². The number of amides is 2. The van der Waals surface area contributed by atoms with Gasteiger partial charge in [0.25, 0.3) is 0 Å². The van der Waals surface area contributed by atoms with Gasteiger partial charge in [0.2, 0.25) is 11.8 Å². The average molecular weight is 437 g/mol. The Hall–Kier alpha value is -3.13. The van der Waals surface area contributed by atoms with Gasteiger partial charge >= 0.3 is 0 Å². The van der Waals surface area contributed by atoms with E-state index in [0.29, 0.717) is 18.1 Å². The molecule has 0 aliphatic carbocycles. The van der Waals surface area contributed by atoms with Gasteiger partial charge in [-0.1, -0.05) is 17.7 Å². The molecule has 1 atom stereocenters. The molecule has 5 rings (SSSR count). The second-order valence-electron chi connectivity index (χ2n) is 7.89. The van der Waals surface area contributed by atoms with Crippen LogP contribution in [0.4, 0.5) is 15.9 Å². The Morgan fingerprint density at radius 2 is 1.81 bits per heavy atom. The number of benzene rings is 2. The van der Waals surface area contributed by atoms with E-state index in [1.807, 2.05) is 31.2 Å². The zero-order chi connectivity index (χ0) is 21.5. The van der Waals surface area contributed by atoms with Gasteiger partial charge in [-0.3, -0.25) is 9.59 Å². The van der Waals surface area contributed by atoms with E-state index in [2.05, 4.69) is 10.4 Å². The highest BCUT2D eigenvalue weighted by atomic mass is 32.2. The van der Waals surface area contributed by atoms with E-state index >= 15 is 0 Å². The summed E-state index contributed by atoms with van der Waals surface area (Å²) in [6.07, 6.45) is 0.168. The van der Waals surface area contributed by atoms with Gasteiger partial charge in [-0.25, -0.2) is 9.07 Å². The van der Waals surface area contributed by atoms with Gasteiger partial charge in [-0.2, -0.15) is 16.9 Å². The number of carbonyl (C=O) groups excluding carboxylic acids is 2. The lowest BCUT2D eigenvalue weighted by atomic mass is 10.1. The number of halogens is 1. The zero-order valence-corrected chi connectivity index (χ0v) is 17.8. The minimum Gasteiger partial charge on any atom is -0.312 e. The lowest BCUT2D eigenvalue weighted by Gasteiger charge is -2.17. The van der Waals surface area contributed by atoms with Crippen LogP contribution in [0.1, 0.15) is 23.2 Å². The van der Waals surface area contributed by atoms with Gasteiger partial charge in [0.15, 0.2) is 0 Å². The predicted molar refractivity (Wildman–Crippen MR) is 119 cm³/mol. The van der Waals surface area contributed by atoms with Crippen LogP contribution in [0.15, 0.2) is 48.5 Å². The Labute approximate surface area is 183 Å². The number of fused-ring (bicyclic) bond motifs is 1. The highest BCUT2D eigenvalue weighted by molar-refractivity contribution is 7.98. The van der Waals surface area contributed by atoms with Gasteiger partial charge in [0.05, 0.1) is 17.3 Å². The van der Waals surface area contributed by atoms with E-state index < -0.39 is 5.92 Å². The third-order valence-corrected chi connectivity index (χ3v) is 6.68. The van der Waals surface area contributed by atoms with Crippen molar-refractivity contribution in [3.63, 3.8) is 0 Å². The largest absolute Gasteiger partial charge is 0.312 e. The normalized spacial score (nSPS) is 17.8. The van der Waals surface area contributed by atoms with E-state index in [9.17, 15) is 14.0 Å². The van der Waals surface area contributed by atoms with Crippen LogP contribution in [0, 0.1) is 18.7 Å². The van der Waals surface area contributed by atoms with Crippen molar-refractivity contribution in [2.24, 2.45) is 5.92 Å². The molecular weight excluding hydrogens is 415 g/mol. The molecule has 1 saturated heterocycles. The maximum Gasteiger partial charge on any atom is 0.230 e. The van der Waals surface area contributed by atoms with Crippen molar-refractivity contribution in [2.75, 3.05) is 16.8 Å². The third kappa shape index (κ3) is 3.72. The van der Waals surface area contributed by atoms with Crippen LogP contribution < -0.4 is 10.2 Å². The molecule has 0 saturated carbocycles. The first-order valence-corrected chi connectivity index (χ1v) is 11.3. The first kappa shape index (κ1) is 19.8. The molecule has 158 valence electrons. The number of anilines is 2. The molecule has 2 aliphatic rings. The summed E-state index contributed by atoms with van der Waals surface area (Å²) in [5, 5.41) is 7.66. The van der Waals surface area contributed by atoms with Crippen LogP contribution >= 0.6 is 11.8 Å². The number of aryl methyl sites for hydroxylation is 1. The molecule has 1 N–H and O–H groups in total. The number of aromatic nitrogens is 2. The maximum absolute atomic E-state index is 13.4. The molecule has 0 radical (unpaired) electrons. The molecule has 2 aliphatic heterocycles. The molecule has 3 aromatic rings. The highest BCUT2D eigenvalue weighted by Gasteiger charge is 2.36. The Morgan fingerprint density at radius 3 is 2.55 bits per heavy atom. The monoisotopic (exact) mass is 436 g/mol. The lowest BCUT2D eigenvalue weighted by molar-refractivity contribution is -0.122. The minimum absolute atomic E-state index is 0.0585. The Bertz CT molecular complexity index is 1160. The van der Waals surface area contributed by atoms with Crippen LogP contribution in [-0.2, 0) is 21.1 Å². The van der Waals surface area contributed by atoms with Gasteiger partial charge in [0.1, 0.15) is 11.6 Å². The Morgan fingerprint density at radius 1 is 1.10 bits per heavy atom. The first-order chi connectivity index (χ1) is 15.0. The summed E-state index contributed by atoms with van der Waals surface area (Å²) in [6, 6.07) is 13.7. The predicted octanol–water partition coefficient (Wildman–Crippen LogP) is 4.06. The molecule has 0 bridgehead atoms. The molecule has 1 unspecified atom stereocenters. The standard InChI is InChI=1S/C23H21FN4O2S/c1-14-2-6-17(7-3-14)27-11-15(10-21(27)29)23(30)25-22-19-12-31-13-20(19)26-28(22)18-8-4-16(24)5-9-18/h2-9,15H,10-13H2,1H3,(H,25,30). The summed E-state index contributed by atoms with van der Waals surface area (Å²) in [6.45, 7) is 2.34. The van der Waals surface area contributed by atoms with Gasteiger partial charge in [-0.15, -0.1) is 0 Å². The van der Waals surface area contributed by atoms with Gasteiger partial charge in [-0.05, 0) is 43.3 Å². The summed E-state index contributed by atoms with van der Waals surface area (Å²) < 4.78 is 15.0. The quantitative estimate of drug-likeness (QED) is 0.670. The van der Waals surface area contributed by atoms with Crippen molar-refractivity contribution < 1.29 is 14.0 Å². The second-order valence-corrected chi connectivity index (χ2v) is 8.87. The van der Waals surface area contributed by atoms with E-state index in [0.717, 1.165) is 34.0 Å². The number of hydrogen-bond acceptors (Lipinski definition) is 4. The average Bonchev–Trinajstić information content (AvgIpc) is 3.45. The van der Waals surface area contributed by atoms with Crippen molar-refractivity contribution in [2.45, 2.75) is 24.9 Å². The minimum atomic E-state index is -0.449. The Balaban J connectivity index is 1.39. The van der Waals surface area contributed by atoms with E-state index in [-0.39, 0.29) is 24.1 Å². The van der Waals surface area contributed by atoms with Crippen LogP contribution in [0.3, 0.4) is 0 Å². The van der Waals surface area contributed by atoms with E-state index in [1.165, 1.54) is 12.1 Å². The van der Waals surface area contributed by atoms with Gasteiger partial charge in [0, 0.05) is 35.7 Å². The second kappa shape index (κ2) is 7.85. The topological polar surface area (TPSA) is 67.2 Å². The summed E-state index contributed by atoms with van der Waals surface area (Å²) >= 11 is 1.74. The number of hydrogen-bond donors (Lipinski definition) is 1. The van der Waals surface area contributed by atoms with Crippen molar-refractivity contribution in [3.05, 3.63) is 71.2 Å². The SMILES string of the molecule is Cc1ccc(N2CC(C(=O)Nc3c4c(nn3-c3ccc(F)cc3)CSC4)CC2=O)cc1. The molecule has 1 fully saturated rings. The zero-order valence-electron chi connectivity index (χ0n) is 17.0. The van der Waals surface area contributed by atoms with E-state index in [1.54, 1.807) is 33.5 Å². The smallest absolute Gasteiger partial charge is 0.230 e. The lowest BCUT2D eigenvalue weighted by Crippen LogP contribution is -2.28. The van der Waals surface area contributed by atoms with E-state index in [4.69, 9.17) is 0 Å². The molecular formula is C23H21FN4O2S. The molecule has 2 amide bonds. The first-order valence-electron chi connectivity index (χ1n) is 10.1. The fourth-order valence-electron chi connectivity index (χ4n) is 3.99. The van der Waals surface area contributed by atoms with Crippen molar-refractivity contribution in [3.8, 4) is 5.69 Å². The number of nitrogens with zero attached hydrogens (tertiary/aromatic N) is 3. The molecule has 6 nitrogen and oxygen atoms in total. The molecule has 2 aromatic carbocycles. The molecule has 31 heavy (non-hydrogen) atoms.